The number of nitrogens with zero attached hydrogens (tertiary/aromatic N) is 2. The van der Waals surface area contributed by atoms with Crippen LogP contribution < -0.4 is 5.73 Å². The molecule has 8 heteroatoms. The van der Waals surface area contributed by atoms with Crippen LogP contribution in [-0.4, -0.2) is 53.1 Å². The molecule has 1 fully saturated rings. The molecule has 0 aromatic heterocycles. The van der Waals surface area contributed by atoms with E-state index in [2.05, 4.69) is 0 Å². The number of carbonyl (C=O) groups is 2. The van der Waals surface area contributed by atoms with E-state index in [9.17, 15) is 9.59 Å². The SMILES string of the molecule is NC1(CO)CCOCC1.O=CN1C=CN(C=O)C=C1.[Zn]. The number of hydrogen-bond acceptors (Lipinski definition) is 5. The van der Waals surface area contributed by atoms with Gasteiger partial charge in [-0.3, -0.25) is 19.4 Å². The summed E-state index contributed by atoms with van der Waals surface area (Å²) in [5.74, 6) is 0. The largest absolute Gasteiger partial charge is 0.394 e. The van der Waals surface area contributed by atoms with Crippen LogP contribution in [0.25, 0.3) is 0 Å². The van der Waals surface area contributed by atoms with E-state index < -0.39 is 0 Å². The monoisotopic (exact) mass is 333 g/mol. The van der Waals surface area contributed by atoms with Crippen molar-refractivity contribution < 1.29 is 38.9 Å². The van der Waals surface area contributed by atoms with Crippen molar-refractivity contribution in [2.45, 2.75) is 18.4 Å². The first-order chi connectivity index (χ1) is 9.13. The molecule has 108 valence electrons. The average Bonchev–Trinajstić information content (AvgIpc) is 2.49. The van der Waals surface area contributed by atoms with Crippen LogP contribution in [0, 0.1) is 0 Å². The molecule has 0 aliphatic carbocycles. The first kappa shape index (κ1) is 18.9. The van der Waals surface area contributed by atoms with Crippen molar-refractivity contribution in [3.05, 3.63) is 24.8 Å². The summed E-state index contributed by atoms with van der Waals surface area (Å²) >= 11 is 0. The van der Waals surface area contributed by atoms with Gasteiger partial charge < -0.3 is 15.6 Å². The van der Waals surface area contributed by atoms with Gasteiger partial charge in [0.05, 0.1) is 6.61 Å². The number of amides is 2. The topological polar surface area (TPSA) is 96.1 Å². The average molecular weight is 335 g/mol. The van der Waals surface area contributed by atoms with Crippen molar-refractivity contribution in [3.63, 3.8) is 0 Å². The first-order valence-corrected chi connectivity index (χ1v) is 5.93. The molecule has 0 aromatic rings. The Hall–Kier alpha value is -1.08. The molecule has 20 heavy (non-hydrogen) atoms. The van der Waals surface area contributed by atoms with Crippen LogP contribution in [-0.2, 0) is 33.8 Å². The number of ether oxygens (including phenoxy) is 1. The van der Waals surface area contributed by atoms with Gasteiger partial charge in [-0.2, -0.15) is 0 Å². The fraction of sp³-hybridized carbons (Fsp3) is 0.500. The third kappa shape index (κ3) is 6.39. The van der Waals surface area contributed by atoms with Crippen LogP contribution in [0.4, 0.5) is 0 Å². The summed E-state index contributed by atoms with van der Waals surface area (Å²) in [7, 11) is 0. The third-order valence-corrected chi connectivity index (χ3v) is 2.87. The molecule has 2 rings (SSSR count). The third-order valence-electron chi connectivity index (χ3n) is 2.87. The molecular weight excluding hydrogens is 316 g/mol. The molecule has 0 radical (unpaired) electrons. The first-order valence-electron chi connectivity index (χ1n) is 5.93. The summed E-state index contributed by atoms with van der Waals surface area (Å²) < 4.78 is 5.08. The number of aliphatic hydroxyl groups is 1. The number of aliphatic hydroxyl groups excluding tert-OH is 1. The molecule has 0 atom stereocenters. The molecule has 3 N–H and O–H groups in total. The Kier molecular flexibility index (Phi) is 9.24. The Morgan fingerprint density at radius 1 is 1.10 bits per heavy atom. The summed E-state index contributed by atoms with van der Waals surface area (Å²) in [5, 5.41) is 8.77. The minimum absolute atomic E-state index is 0. The van der Waals surface area contributed by atoms with Gasteiger partial charge in [0.1, 0.15) is 0 Å². The molecule has 0 saturated carbocycles. The molecule has 2 heterocycles. The van der Waals surface area contributed by atoms with E-state index in [1.165, 1.54) is 34.6 Å². The van der Waals surface area contributed by atoms with Crippen LogP contribution in [0.3, 0.4) is 0 Å². The fourth-order valence-corrected chi connectivity index (χ4v) is 1.48. The van der Waals surface area contributed by atoms with Gasteiger partial charge in [0.25, 0.3) is 0 Å². The number of nitrogens with two attached hydrogens (primary N) is 1. The van der Waals surface area contributed by atoms with E-state index in [0.29, 0.717) is 26.0 Å². The van der Waals surface area contributed by atoms with Crippen molar-refractivity contribution in [2.75, 3.05) is 19.8 Å². The van der Waals surface area contributed by atoms with E-state index in [-0.39, 0.29) is 31.6 Å². The summed E-state index contributed by atoms with van der Waals surface area (Å²) in [6, 6.07) is 0. The van der Waals surface area contributed by atoms with Gasteiger partial charge in [-0.05, 0) is 12.8 Å². The van der Waals surface area contributed by atoms with Crippen LogP contribution in [0.15, 0.2) is 24.8 Å². The van der Waals surface area contributed by atoms with Gasteiger partial charge in [-0.1, -0.05) is 0 Å². The molecule has 1 saturated heterocycles. The quantitative estimate of drug-likeness (QED) is 0.528. The Labute approximate surface area is 130 Å². The van der Waals surface area contributed by atoms with Crippen molar-refractivity contribution in [1.29, 1.82) is 0 Å². The standard InChI is InChI=1S/C6H6N2O2.C6H13NO2.Zn/c9-5-7-1-2-8(6-10)4-3-7;7-6(5-8)1-3-9-4-2-6;/h1-6H;8H,1-5,7H2;. The normalized spacial score (nSPS) is 19.5. The van der Waals surface area contributed by atoms with E-state index in [1.54, 1.807) is 0 Å². The predicted octanol–water partition coefficient (Wildman–Crippen LogP) is -0.657. The number of carbonyl (C=O) groups excluding carboxylic acids is 2. The maximum Gasteiger partial charge on any atom is 0.217 e. The summed E-state index contributed by atoms with van der Waals surface area (Å²) in [6.07, 6.45) is 8.81. The van der Waals surface area contributed by atoms with E-state index in [0.717, 1.165) is 12.8 Å². The van der Waals surface area contributed by atoms with Gasteiger partial charge in [0.15, 0.2) is 0 Å². The van der Waals surface area contributed by atoms with Crippen LogP contribution >= 0.6 is 0 Å². The van der Waals surface area contributed by atoms with Crippen LogP contribution in [0.1, 0.15) is 12.8 Å². The molecular formula is C12H19N3O4Zn. The zero-order valence-corrected chi connectivity index (χ0v) is 14.3. The molecule has 0 spiro atoms. The predicted molar refractivity (Wildman–Crippen MR) is 68.1 cm³/mol. The molecule has 0 aromatic carbocycles. The van der Waals surface area contributed by atoms with Crippen molar-refractivity contribution in [1.82, 2.24) is 9.80 Å². The van der Waals surface area contributed by atoms with Crippen molar-refractivity contribution in [2.24, 2.45) is 5.73 Å². The fourth-order valence-electron chi connectivity index (χ4n) is 1.48. The Balaban J connectivity index is 0.000000345. The van der Waals surface area contributed by atoms with Gasteiger partial charge >= 0.3 is 0 Å². The van der Waals surface area contributed by atoms with Gasteiger partial charge in [-0.15, -0.1) is 0 Å². The minimum Gasteiger partial charge on any atom is -0.394 e. The van der Waals surface area contributed by atoms with E-state index in [1.807, 2.05) is 0 Å². The number of rotatable bonds is 3. The maximum atomic E-state index is 10.1. The second-order valence-corrected chi connectivity index (χ2v) is 4.33. The zero-order chi connectivity index (χ0) is 14.1. The summed E-state index contributed by atoms with van der Waals surface area (Å²) in [6.45, 7) is 1.46. The second-order valence-electron chi connectivity index (χ2n) is 4.33. The molecule has 2 aliphatic rings. The molecule has 7 nitrogen and oxygen atoms in total. The van der Waals surface area contributed by atoms with E-state index >= 15 is 0 Å². The zero-order valence-electron chi connectivity index (χ0n) is 11.4. The smallest absolute Gasteiger partial charge is 0.217 e. The van der Waals surface area contributed by atoms with Crippen LogP contribution in [0.2, 0.25) is 0 Å². The van der Waals surface area contributed by atoms with Gasteiger partial charge in [-0.25, -0.2) is 0 Å². The Morgan fingerprint density at radius 2 is 1.50 bits per heavy atom. The van der Waals surface area contributed by atoms with E-state index in [4.69, 9.17) is 15.6 Å². The van der Waals surface area contributed by atoms with Gasteiger partial charge in [0.2, 0.25) is 12.8 Å². The Bertz CT molecular complexity index is 323. The number of hydrogen-bond donors (Lipinski definition) is 2. The van der Waals surface area contributed by atoms with Crippen LogP contribution in [0.5, 0.6) is 0 Å². The summed E-state index contributed by atoms with van der Waals surface area (Å²) in [4.78, 5) is 22.8. The maximum absolute atomic E-state index is 10.1. The molecule has 2 aliphatic heterocycles. The van der Waals surface area contributed by atoms with Gasteiger partial charge in [0, 0.05) is 63.0 Å². The molecule has 0 bridgehead atoms. The Morgan fingerprint density at radius 3 is 1.75 bits per heavy atom. The van der Waals surface area contributed by atoms with Crippen molar-refractivity contribution >= 4 is 12.8 Å². The van der Waals surface area contributed by atoms with Crippen molar-refractivity contribution in [3.8, 4) is 0 Å². The summed E-state index contributed by atoms with van der Waals surface area (Å²) in [5.41, 5.74) is 5.38. The minimum atomic E-state index is -0.349. The molecule has 0 unspecified atom stereocenters. The second kappa shape index (κ2) is 9.77. The molecule has 2 amide bonds.